The van der Waals surface area contributed by atoms with Crippen LogP contribution < -0.4 is 10.9 Å². The van der Waals surface area contributed by atoms with Crippen molar-refractivity contribution >= 4 is 5.91 Å². The second kappa shape index (κ2) is 7.77. The number of aromatic amines is 1. The van der Waals surface area contributed by atoms with Gasteiger partial charge in [0.05, 0.1) is 11.9 Å². The standard InChI is InChI=1S/C23H24FN5O2/c1-28(13-17-11-26-27-21(17)15-2-4-18(24)5-3-15)22(30)19-6-7-20-16-8-14(9-25-10-16)12-29(20)23(19)31/h2-7,11,14,16,25H,8-10,12-13H2,1H3,(H,26,27)/t14-,16+/m0/s1. The van der Waals surface area contributed by atoms with Gasteiger partial charge in [-0.05, 0) is 55.3 Å². The number of hydrogen-bond acceptors (Lipinski definition) is 4. The largest absolute Gasteiger partial charge is 0.337 e. The van der Waals surface area contributed by atoms with Gasteiger partial charge in [-0.2, -0.15) is 5.10 Å². The lowest BCUT2D eigenvalue weighted by molar-refractivity contribution is 0.0782. The summed E-state index contributed by atoms with van der Waals surface area (Å²) in [6.45, 7) is 2.71. The maximum absolute atomic E-state index is 13.3. The Morgan fingerprint density at radius 3 is 2.84 bits per heavy atom. The van der Waals surface area contributed by atoms with Crippen molar-refractivity contribution in [3.05, 3.63) is 75.6 Å². The topological polar surface area (TPSA) is 83.0 Å². The van der Waals surface area contributed by atoms with E-state index in [2.05, 4.69) is 15.5 Å². The third-order valence-corrected chi connectivity index (χ3v) is 6.34. The Morgan fingerprint density at radius 2 is 2.03 bits per heavy atom. The number of rotatable bonds is 4. The van der Waals surface area contributed by atoms with E-state index in [1.165, 1.54) is 17.0 Å². The molecule has 2 atom stereocenters. The number of halogens is 1. The molecule has 2 aliphatic heterocycles. The number of benzene rings is 1. The summed E-state index contributed by atoms with van der Waals surface area (Å²) >= 11 is 0. The molecule has 1 aromatic carbocycles. The maximum Gasteiger partial charge on any atom is 0.263 e. The van der Waals surface area contributed by atoms with E-state index in [9.17, 15) is 14.0 Å². The molecule has 0 aliphatic carbocycles. The third-order valence-electron chi connectivity index (χ3n) is 6.34. The van der Waals surface area contributed by atoms with Crippen molar-refractivity contribution in [2.75, 3.05) is 20.1 Å². The Labute approximate surface area is 178 Å². The average Bonchev–Trinajstić information content (AvgIpc) is 3.23. The number of nitrogens with one attached hydrogen (secondary N) is 2. The van der Waals surface area contributed by atoms with Crippen molar-refractivity contribution in [2.45, 2.75) is 25.4 Å². The quantitative estimate of drug-likeness (QED) is 0.678. The van der Waals surface area contributed by atoms with E-state index in [-0.39, 0.29) is 29.4 Å². The SMILES string of the molecule is CN(Cc1cn[nH]c1-c1ccc(F)cc1)C(=O)c1ccc2n(c1=O)C[C@@H]1CNC[C@H]2C1. The van der Waals surface area contributed by atoms with Crippen LogP contribution in [0.25, 0.3) is 11.3 Å². The number of piperidine rings is 1. The summed E-state index contributed by atoms with van der Waals surface area (Å²) in [5.74, 6) is 0.118. The second-order valence-corrected chi connectivity index (χ2v) is 8.48. The highest BCUT2D eigenvalue weighted by molar-refractivity contribution is 5.93. The molecule has 1 fully saturated rings. The van der Waals surface area contributed by atoms with Crippen LogP contribution in [0, 0.1) is 11.7 Å². The van der Waals surface area contributed by atoms with Crippen LogP contribution >= 0.6 is 0 Å². The summed E-state index contributed by atoms with van der Waals surface area (Å²) in [5, 5.41) is 10.4. The lowest BCUT2D eigenvalue weighted by atomic mass is 9.84. The monoisotopic (exact) mass is 421 g/mol. The highest BCUT2D eigenvalue weighted by Gasteiger charge is 2.32. The van der Waals surface area contributed by atoms with E-state index in [1.807, 2.05) is 6.07 Å². The molecule has 3 aromatic rings. The van der Waals surface area contributed by atoms with Crippen molar-refractivity contribution in [2.24, 2.45) is 5.92 Å². The first kappa shape index (κ1) is 19.7. The molecule has 0 saturated carbocycles. The number of pyridine rings is 1. The first-order chi connectivity index (χ1) is 15.0. The van der Waals surface area contributed by atoms with Crippen molar-refractivity contribution in [1.82, 2.24) is 25.0 Å². The number of aromatic nitrogens is 3. The van der Waals surface area contributed by atoms with Gasteiger partial charge in [0.2, 0.25) is 0 Å². The normalized spacial score (nSPS) is 19.7. The molecule has 31 heavy (non-hydrogen) atoms. The summed E-state index contributed by atoms with van der Waals surface area (Å²) in [5.41, 5.74) is 3.29. The fraction of sp³-hybridized carbons (Fsp3) is 0.348. The van der Waals surface area contributed by atoms with Crippen molar-refractivity contribution in [3.8, 4) is 11.3 Å². The van der Waals surface area contributed by atoms with Gasteiger partial charge in [0, 0.05) is 49.4 Å². The molecule has 2 aliphatic rings. The Morgan fingerprint density at radius 1 is 1.23 bits per heavy atom. The Kier molecular flexibility index (Phi) is 4.94. The van der Waals surface area contributed by atoms with E-state index >= 15 is 0 Å². The molecule has 7 nitrogen and oxygen atoms in total. The first-order valence-corrected chi connectivity index (χ1v) is 10.5. The molecule has 160 valence electrons. The van der Waals surface area contributed by atoms with Crippen LogP contribution in [0.1, 0.15) is 34.0 Å². The molecule has 2 bridgehead atoms. The van der Waals surface area contributed by atoms with E-state index in [0.29, 0.717) is 18.4 Å². The average molecular weight is 421 g/mol. The second-order valence-electron chi connectivity index (χ2n) is 8.48. The minimum absolute atomic E-state index is 0.186. The first-order valence-electron chi connectivity index (χ1n) is 10.5. The van der Waals surface area contributed by atoms with Crippen LogP contribution in [0.3, 0.4) is 0 Å². The van der Waals surface area contributed by atoms with E-state index < -0.39 is 0 Å². The lowest BCUT2D eigenvalue weighted by Crippen LogP contribution is -2.46. The molecule has 2 N–H and O–H groups in total. The zero-order valence-corrected chi connectivity index (χ0v) is 17.3. The molecular weight excluding hydrogens is 397 g/mol. The van der Waals surface area contributed by atoms with Crippen molar-refractivity contribution < 1.29 is 9.18 Å². The van der Waals surface area contributed by atoms with Gasteiger partial charge < -0.3 is 14.8 Å². The maximum atomic E-state index is 13.3. The Bertz CT molecular complexity index is 1180. The molecular formula is C23H24FN5O2. The highest BCUT2D eigenvalue weighted by atomic mass is 19.1. The van der Waals surface area contributed by atoms with Crippen LogP contribution in [0.4, 0.5) is 4.39 Å². The van der Waals surface area contributed by atoms with Gasteiger partial charge >= 0.3 is 0 Å². The summed E-state index contributed by atoms with van der Waals surface area (Å²) in [7, 11) is 1.67. The summed E-state index contributed by atoms with van der Waals surface area (Å²) in [6, 6.07) is 9.68. The van der Waals surface area contributed by atoms with Gasteiger partial charge in [-0.25, -0.2) is 4.39 Å². The lowest BCUT2D eigenvalue weighted by Gasteiger charge is -2.37. The molecule has 0 spiro atoms. The molecule has 0 radical (unpaired) electrons. The van der Waals surface area contributed by atoms with Crippen LogP contribution in [0.5, 0.6) is 0 Å². The predicted octanol–water partition coefficient (Wildman–Crippen LogP) is 2.36. The van der Waals surface area contributed by atoms with E-state index in [1.54, 1.807) is 36.0 Å². The highest BCUT2D eigenvalue weighted by Crippen LogP contribution is 2.32. The summed E-state index contributed by atoms with van der Waals surface area (Å²) < 4.78 is 15.0. The number of carbonyl (C=O) groups excluding carboxylic acids is 1. The number of fused-ring (bicyclic) bond motifs is 4. The molecule has 1 amide bonds. The third kappa shape index (κ3) is 3.57. The molecule has 0 unspecified atom stereocenters. The zero-order valence-electron chi connectivity index (χ0n) is 17.3. The van der Waals surface area contributed by atoms with Gasteiger partial charge in [0.25, 0.3) is 11.5 Å². The summed E-state index contributed by atoms with van der Waals surface area (Å²) in [6.07, 6.45) is 2.74. The number of nitrogens with zero attached hydrogens (tertiary/aromatic N) is 3. The van der Waals surface area contributed by atoms with Gasteiger partial charge in [0.15, 0.2) is 0 Å². The number of carbonyl (C=O) groups is 1. The smallest absolute Gasteiger partial charge is 0.263 e. The predicted molar refractivity (Wildman–Crippen MR) is 114 cm³/mol. The number of amides is 1. The van der Waals surface area contributed by atoms with E-state index in [4.69, 9.17) is 0 Å². The summed E-state index contributed by atoms with van der Waals surface area (Å²) in [4.78, 5) is 27.8. The molecule has 8 heteroatoms. The fourth-order valence-corrected chi connectivity index (χ4v) is 4.78. The minimum atomic E-state index is -0.319. The van der Waals surface area contributed by atoms with Crippen LogP contribution in [-0.2, 0) is 13.1 Å². The van der Waals surface area contributed by atoms with Gasteiger partial charge in [-0.1, -0.05) is 0 Å². The van der Waals surface area contributed by atoms with E-state index in [0.717, 1.165) is 42.0 Å². The van der Waals surface area contributed by atoms with Crippen LogP contribution in [-0.4, -0.2) is 45.7 Å². The number of hydrogen-bond donors (Lipinski definition) is 2. The van der Waals surface area contributed by atoms with Gasteiger partial charge in [-0.15, -0.1) is 0 Å². The Hall–Kier alpha value is -3.26. The molecule has 5 rings (SSSR count). The van der Waals surface area contributed by atoms with Crippen LogP contribution in [0.2, 0.25) is 0 Å². The van der Waals surface area contributed by atoms with Gasteiger partial charge in [-0.3, -0.25) is 14.7 Å². The molecule has 4 heterocycles. The fourth-order valence-electron chi connectivity index (χ4n) is 4.78. The molecule has 2 aromatic heterocycles. The number of H-pyrrole nitrogens is 1. The van der Waals surface area contributed by atoms with Crippen molar-refractivity contribution in [1.29, 1.82) is 0 Å². The van der Waals surface area contributed by atoms with Gasteiger partial charge in [0.1, 0.15) is 11.4 Å². The Balaban J connectivity index is 1.40. The zero-order chi connectivity index (χ0) is 21.5. The minimum Gasteiger partial charge on any atom is -0.337 e. The van der Waals surface area contributed by atoms with Crippen LogP contribution in [0.15, 0.2) is 47.4 Å². The molecule has 1 saturated heterocycles. The van der Waals surface area contributed by atoms with Crippen molar-refractivity contribution in [3.63, 3.8) is 0 Å².